The van der Waals surface area contributed by atoms with E-state index in [2.05, 4.69) is 88.4 Å². The Morgan fingerprint density at radius 1 is 0.667 bits per heavy atom. The van der Waals surface area contributed by atoms with Gasteiger partial charge in [-0.1, -0.05) is 48.5 Å². The fraction of sp³-hybridized carbons (Fsp3) is 0. The average molecular weight is 384 g/mol. The van der Waals surface area contributed by atoms with Crippen molar-refractivity contribution in [3.8, 4) is 28.4 Å². The lowest BCUT2D eigenvalue weighted by Gasteiger charge is -2.21. The van der Waals surface area contributed by atoms with Gasteiger partial charge in [-0.2, -0.15) is 0 Å². The predicted molar refractivity (Wildman–Crippen MR) is 122 cm³/mol. The summed E-state index contributed by atoms with van der Waals surface area (Å²) in [5, 5.41) is 4.82. The fourth-order valence-electron chi connectivity index (χ4n) is 4.82. The molecular weight excluding hydrogens is 368 g/mol. The van der Waals surface area contributed by atoms with Crippen LogP contribution >= 0.6 is 0 Å². The molecule has 4 aromatic carbocycles. The first kappa shape index (κ1) is 15.8. The Morgan fingerprint density at radius 3 is 2.43 bits per heavy atom. The summed E-state index contributed by atoms with van der Waals surface area (Å²) < 4.78 is 8.57. The molecule has 0 N–H and O–H groups in total. The van der Waals surface area contributed by atoms with Crippen molar-refractivity contribution in [2.24, 2.45) is 0 Å². The van der Waals surface area contributed by atoms with Crippen molar-refractivity contribution < 1.29 is 4.74 Å². The number of rotatable bonds is 1. The molecule has 0 radical (unpaired) electrons. The third-order valence-corrected chi connectivity index (χ3v) is 6.04. The number of hydrogen-bond acceptors (Lipinski definition) is 2. The highest BCUT2D eigenvalue weighted by molar-refractivity contribution is 6.23. The quantitative estimate of drug-likeness (QED) is 0.302. The monoisotopic (exact) mass is 384 g/mol. The SMILES string of the molecule is c1ccc(-n2c3ccccc3c3cc4c5c(cccc5c32)Oc2ncccc2-4)cc1. The number of hydrogen-bond donors (Lipinski definition) is 0. The number of aromatic nitrogens is 2. The molecule has 7 rings (SSSR count). The van der Waals surface area contributed by atoms with Crippen LogP contribution in [0.5, 0.6) is 11.6 Å². The molecule has 30 heavy (non-hydrogen) atoms. The van der Waals surface area contributed by atoms with Gasteiger partial charge >= 0.3 is 0 Å². The molecule has 6 aromatic rings. The molecule has 3 heteroatoms. The van der Waals surface area contributed by atoms with Crippen LogP contribution in [0.15, 0.2) is 97.2 Å². The Balaban J connectivity index is 1.76. The first-order chi connectivity index (χ1) is 14.9. The van der Waals surface area contributed by atoms with Gasteiger partial charge in [0.05, 0.1) is 11.0 Å². The van der Waals surface area contributed by atoms with Crippen LogP contribution in [-0.2, 0) is 0 Å². The summed E-state index contributed by atoms with van der Waals surface area (Å²) in [5.74, 6) is 1.53. The lowest BCUT2D eigenvalue weighted by atomic mass is 9.93. The zero-order chi connectivity index (χ0) is 19.7. The number of benzene rings is 4. The lowest BCUT2D eigenvalue weighted by Crippen LogP contribution is -2.00. The molecule has 0 aliphatic carbocycles. The van der Waals surface area contributed by atoms with Gasteiger partial charge in [0.25, 0.3) is 0 Å². The van der Waals surface area contributed by atoms with Crippen molar-refractivity contribution in [3.63, 3.8) is 0 Å². The normalized spacial score (nSPS) is 12.3. The summed E-state index contributed by atoms with van der Waals surface area (Å²) in [4.78, 5) is 4.47. The summed E-state index contributed by atoms with van der Waals surface area (Å²) in [6.45, 7) is 0. The van der Waals surface area contributed by atoms with E-state index in [0.717, 1.165) is 22.4 Å². The van der Waals surface area contributed by atoms with Crippen LogP contribution < -0.4 is 4.74 Å². The number of nitrogens with zero attached hydrogens (tertiary/aromatic N) is 2. The minimum Gasteiger partial charge on any atom is -0.438 e. The molecule has 3 heterocycles. The van der Waals surface area contributed by atoms with E-state index in [4.69, 9.17) is 4.74 Å². The highest BCUT2D eigenvalue weighted by Gasteiger charge is 2.24. The maximum atomic E-state index is 6.20. The van der Waals surface area contributed by atoms with Crippen molar-refractivity contribution in [1.82, 2.24) is 9.55 Å². The van der Waals surface area contributed by atoms with E-state index in [1.54, 1.807) is 6.20 Å². The predicted octanol–water partition coefficient (Wildman–Crippen LogP) is 7.10. The van der Waals surface area contributed by atoms with E-state index in [1.165, 1.54) is 32.8 Å². The molecule has 0 amide bonds. The molecule has 0 spiro atoms. The summed E-state index contributed by atoms with van der Waals surface area (Å²) in [5.41, 5.74) is 5.79. The zero-order valence-electron chi connectivity index (χ0n) is 16.0. The minimum absolute atomic E-state index is 0.670. The smallest absolute Gasteiger partial charge is 0.227 e. The Hall–Kier alpha value is -4.11. The second-order valence-electron chi connectivity index (χ2n) is 7.65. The summed E-state index contributed by atoms with van der Waals surface area (Å²) in [6.07, 6.45) is 1.78. The molecule has 0 saturated carbocycles. The van der Waals surface area contributed by atoms with Crippen LogP contribution in [-0.4, -0.2) is 9.55 Å². The van der Waals surface area contributed by atoms with E-state index >= 15 is 0 Å². The van der Waals surface area contributed by atoms with Crippen LogP contribution in [0.4, 0.5) is 0 Å². The molecule has 0 atom stereocenters. The molecule has 3 nitrogen and oxygen atoms in total. The Labute approximate surface area is 172 Å². The zero-order valence-corrected chi connectivity index (χ0v) is 16.0. The van der Waals surface area contributed by atoms with Crippen molar-refractivity contribution >= 4 is 32.6 Å². The summed E-state index contributed by atoms with van der Waals surface area (Å²) in [6, 6.07) is 31.9. The van der Waals surface area contributed by atoms with E-state index in [9.17, 15) is 0 Å². The third kappa shape index (κ3) is 1.96. The number of pyridine rings is 1. The van der Waals surface area contributed by atoms with E-state index in [-0.39, 0.29) is 0 Å². The lowest BCUT2D eigenvalue weighted by molar-refractivity contribution is 0.467. The highest BCUT2D eigenvalue weighted by Crippen LogP contribution is 2.49. The largest absolute Gasteiger partial charge is 0.438 e. The van der Waals surface area contributed by atoms with Crippen LogP contribution in [0.25, 0.3) is 49.4 Å². The van der Waals surface area contributed by atoms with Crippen molar-refractivity contribution in [2.45, 2.75) is 0 Å². The van der Waals surface area contributed by atoms with Crippen LogP contribution in [0, 0.1) is 0 Å². The highest BCUT2D eigenvalue weighted by atomic mass is 16.5. The average Bonchev–Trinajstić information content (AvgIpc) is 3.14. The fourth-order valence-corrected chi connectivity index (χ4v) is 4.82. The van der Waals surface area contributed by atoms with Gasteiger partial charge in [0.1, 0.15) is 5.75 Å². The molecule has 0 bridgehead atoms. The molecular formula is C27H16N2O. The topological polar surface area (TPSA) is 27.1 Å². The first-order valence-electron chi connectivity index (χ1n) is 10.1. The number of fused-ring (bicyclic) bond motifs is 6. The van der Waals surface area contributed by atoms with E-state index in [1.807, 2.05) is 12.1 Å². The maximum Gasteiger partial charge on any atom is 0.227 e. The van der Waals surface area contributed by atoms with Gasteiger partial charge in [0.15, 0.2) is 0 Å². The van der Waals surface area contributed by atoms with Crippen LogP contribution in [0.2, 0.25) is 0 Å². The summed E-state index contributed by atoms with van der Waals surface area (Å²) >= 11 is 0. The van der Waals surface area contributed by atoms with Gasteiger partial charge in [-0.25, -0.2) is 4.98 Å². The van der Waals surface area contributed by atoms with Crippen LogP contribution in [0.1, 0.15) is 0 Å². The molecule has 0 fully saturated rings. The van der Waals surface area contributed by atoms with Gasteiger partial charge in [-0.05, 0) is 48.0 Å². The van der Waals surface area contributed by atoms with Gasteiger partial charge < -0.3 is 9.30 Å². The van der Waals surface area contributed by atoms with Gasteiger partial charge in [-0.3, -0.25) is 0 Å². The van der Waals surface area contributed by atoms with Gasteiger partial charge in [-0.15, -0.1) is 0 Å². The standard InChI is InChI=1S/C27H16N2O/c1-2-8-17(9-3-1)29-23-13-5-4-10-18(23)22-16-21-19-12-7-15-28-27(19)30-24-14-6-11-20(25(21)24)26(22)29/h1-16H. The second kappa shape index (κ2) is 5.71. The van der Waals surface area contributed by atoms with Gasteiger partial charge in [0, 0.05) is 39.0 Å². The Bertz CT molecular complexity index is 1610. The Kier molecular flexibility index (Phi) is 3.00. The molecule has 0 unspecified atom stereocenters. The molecule has 1 aliphatic rings. The molecule has 0 saturated heterocycles. The third-order valence-electron chi connectivity index (χ3n) is 6.04. The maximum absolute atomic E-state index is 6.20. The van der Waals surface area contributed by atoms with E-state index in [0.29, 0.717) is 5.88 Å². The first-order valence-corrected chi connectivity index (χ1v) is 10.1. The minimum atomic E-state index is 0.670. The molecule has 2 aromatic heterocycles. The van der Waals surface area contributed by atoms with E-state index < -0.39 is 0 Å². The Morgan fingerprint density at radius 2 is 1.50 bits per heavy atom. The van der Waals surface area contributed by atoms with Crippen LogP contribution in [0.3, 0.4) is 0 Å². The molecule has 1 aliphatic heterocycles. The number of ether oxygens (including phenoxy) is 1. The molecule has 140 valence electrons. The van der Waals surface area contributed by atoms with Crippen molar-refractivity contribution in [3.05, 3.63) is 97.2 Å². The van der Waals surface area contributed by atoms with Crippen molar-refractivity contribution in [1.29, 1.82) is 0 Å². The van der Waals surface area contributed by atoms with Crippen molar-refractivity contribution in [2.75, 3.05) is 0 Å². The number of para-hydroxylation sites is 2. The second-order valence-corrected chi connectivity index (χ2v) is 7.65. The summed E-state index contributed by atoms with van der Waals surface area (Å²) in [7, 11) is 0. The van der Waals surface area contributed by atoms with Gasteiger partial charge in [0.2, 0.25) is 5.88 Å².